The van der Waals surface area contributed by atoms with Crippen molar-refractivity contribution in [2.75, 3.05) is 5.33 Å². The average molecular weight is 366 g/mol. The fraction of sp³-hybridized carbons (Fsp3) is 1.00. The molecule has 0 atom stereocenters. The molecule has 1 heterocycles. The van der Waals surface area contributed by atoms with Gasteiger partial charge in [-0.05, 0) is 38.5 Å². The molecule has 0 unspecified atom stereocenters. The number of nitrogens with zero attached hydrogens (tertiary/aromatic N) is 3. The lowest BCUT2D eigenvalue weighted by atomic mass is 9.77. The van der Waals surface area contributed by atoms with Gasteiger partial charge in [-0.25, -0.2) is 0 Å². The van der Waals surface area contributed by atoms with E-state index in [1.807, 2.05) is 0 Å². The smallest absolute Gasteiger partial charge is 0.257 e. The Morgan fingerprint density at radius 1 is 1.14 bits per heavy atom. The van der Waals surface area contributed by atoms with Crippen LogP contribution in [0.2, 0.25) is 0 Å². The molecule has 1 spiro atoms. The van der Waals surface area contributed by atoms with Crippen LogP contribution in [0.5, 0.6) is 0 Å². The summed E-state index contributed by atoms with van der Waals surface area (Å²) in [5, 5.41) is 23.9. The van der Waals surface area contributed by atoms with Crippen molar-refractivity contribution < 1.29 is 19.5 Å². The summed E-state index contributed by atoms with van der Waals surface area (Å²) in [6.07, 6.45) is 4.04. The first kappa shape index (κ1) is 15.1. The standard InChI is InChI=1S/C11H16BrN3O6/c12-8-10(5-2-6-10)21-15-11(13(16)17,14(18)19)7-9(20-15)3-1-4-9/h1-8H2. The van der Waals surface area contributed by atoms with E-state index in [-0.39, 0.29) is 6.42 Å². The highest BCUT2D eigenvalue weighted by atomic mass is 79.9. The van der Waals surface area contributed by atoms with E-state index in [1.165, 1.54) is 0 Å². The van der Waals surface area contributed by atoms with Gasteiger partial charge >= 0.3 is 5.79 Å². The molecule has 9 nitrogen and oxygen atoms in total. The van der Waals surface area contributed by atoms with Crippen LogP contribution in [0, 0.1) is 20.2 Å². The second kappa shape index (κ2) is 4.83. The van der Waals surface area contributed by atoms with Gasteiger partial charge in [-0.2, -0.15) is 0 Å². The van der Waals surface area contributed by atoms with Crippen molar-refractivity contribution in [1.82, 2.24) is 5.23 Å². The molecule has 2 aliphatic carbocycles. The first-order chi connectivity index (χ1) is 9.88. The molecule has 118 valence electrons. The number of rotatable bonds is 5. The summed E-state index contributed by atoms with van der Waals surface area (Å²) in [4.78, 5) is 32.3. The SMILES string of the molecule is O=[N+]([O-])C1([N+](=O)[O-])CC2(CCC2)ON1OC1(CBr)CCC1. The third-order valence-corrected chi connectivity index (χ3v) is 5.78. The topological polar surface area (TPSA) is 108 Å². The number of hydrogen-bond donors (Lipinski definition) is 0. The molecule has 10 heteroatoms. The minimum atomic E-state index is -2.55. The molecule has 3 fully saturated rings. The van der Waals surface area contributed by atoms with Crippen LogP contribution < -0.4 is 0 Å². The van der Waals surface area contributed by atoms with Gasteiger partial charge in [-0.1, -0.05) is 15.9 Å². The van der Waals surface area contributed by atoms with Crippen molar-refractivity contribution in [2.45, 2.75) is 61.9 Å². The summed E-state index contributed by atoms with van der Waals surface area (Å²) >= 11 is 3.31. The highest BCUT2D eigenvalue weighted by molar-refractivity contribution is 9.09. The predicted molar refractivity (Wildman–Crippen MR) is 72.3 cm³/mol. The highest BCUT2D eigenvalue weighted by Gasteiger charge is 2.77. The molecule has 0 aromatic heterocycles. The van der Waals surface area contributed by atoms with E-state index in [1.54, 1.807) is 0 Å². The molecule has 0 bridgehead atoms. The molecule has 0 amide bonds. The quantitative estimate of drug-likeness (QED) is 0.317. The number of hydrogen-bond acceptors (Lipinski definition) is 7. The third-order valence-electron chi connectivity index (χ3n) is 4.76. The van der Waals surface area contributed by atoms with E-state index in [0.29, 0.717) is 36.2 Å². The maximum atomic E-state index is 11.4. The van der Waals surface area contributed by atoms with Crippen molar-refractivity contribution in [3.05, 3.63) is 20.2 Å². The fourth-order valence-corrected chi connectivity index (χ4v) is 3.70. The van der Waals surface area contributed by atoms with E-state index in [0.717, 1.165) is 12.8 Å². The summed E-state index contributed by atoms with van der Waals surface area (Å²) < 4.78 is 0. The number of nitro groups is 2. The van der Waals surface area contributed by atoms with Gasteiger partial charge in [0, 0.05) is 5.33 Å². The van der Waals surface area contributed by atoms with Crippen molar-refractivity contribution in [2.24, 2.45) is 0 Å². The van der Waals surface area contributed by atoms with Crippen LogP contribution >= 0.6 is 15.9 Å². The molecule has 2 saturated carbocycles. The van der Waals surface area contributed by atoms with Crippen LogP contribution in [0.25, 0.3) is 0 Å². The van der Waals surface area contributed by atoms with Gasteiger partial charge in [0.1, 0.15) is 27.5 Å². The molecular formula is C11H16BrN3O6. The van der Waals surface area contributed by atoms with Crippen LogP contribution in [0.4, 0.5) is 0 Å². The Bertz CT molecular complexity index is 459. The Kier molecular flexibility index (Phi) is 3.47. The maximum Gasteiger partial charge on any atom is 0.569 e. The van der Waals surface area contributed by atoms with Gasteiger partial charge in [0.15, 0.2) is 0 Å². The predicted octanol–water partition coefficient (Wildman–Crippen LogP) is 2.00. The molecular weight excluding hydrogens is 350 g/mol. The molecule has 0 N–H and O–H groups in total. The van der Waals surface area contributed by atoms with Crippen LogP contribution in [0.3, 0.4) is 0 Å². The maximum absolute atomic E-state index is 11.4. The van der Waals surface area contributed by atoms with Gasteiger partial charge in [0.25, 0.3) is 0 Å². The Balaban J connectivity index is 1.90. The Labute approximate surface area is 128 Å². The van der Waals surface area contributed by atoms with E-state index in [9.17, 15) is 20.2 Å². The van der Waals surface area contributed by atoms with Gasteiger partial charge in [0.2, 0.25) is 0 Å². The first-order valence-corrected chi connectivity index (χ1v) is 8.04. The van der Waals surface area contributed by atoms with Gasteiger partial charge < -0.3 is 0 Å². The number of halogens is 1. The molecule has 0 aromatic rings. The summed E-state index contributed by atoms with van der Waals surface area (Å²) in [6.45, 7) is 0. The zero-order valence-electron chi connectivity index (χ0n) is 11.3. The van der Waals surface area contributed by atoms with Gasteiger partial charge in [0.05, 0.1) is 5.23 Å². The largest absolute Gasteiger partial charge is 0.569 e. The Morgan fingerprint density at radius 2 is 1.71 bits per heavy atom. The molecule has 0 aromatic carbocycles. The summed E-state index contributed by atoms with van der Waals surface area (Å²) in [5.74, 6) is -2.55. The first-order valence-electron chi connectivity index (χ1n) is 6.92. The Hall–Kier alpha value is -0.840. The molecule has 3 rings (SSSR count). The second-order valence-corrected chi connectivity index (χ2v) is 6.67. The van der Waals surface area contributed by atoms with Gasteiger partial charge in [-0.3, -0.25) is 29.9 Å². The number of alkyl halides is 1. The lowest BCUT2D eigenvalue weighted by molar-refractivity contribution is -0.853. The van der Waals surface area contributed by atoms with Crippen LogP contribution in [0.15, 0.2) is 0 Å². The molecule has 21 heavy (non-hydrogen) atoms. The monoisotopic (exact) mass is 365 g/mol. The van der Waals surface area contributed by atoms with Gasteiger partial charge in [-0.15, -0.1) is 0 Å². The Morgan fingerprint density at radius 3 is 2.05 bits per heavy atom. The van der Waals surface area contributed by atoms with E-state index in [4.69, 9.17) is 9.68 Å². The number of hydroxylamine groups is 2. The van der Waals surface area contributed by atoms with Crippen molar-refractivity contribution >= 4 is 15.9 Å². The zero-order chi connectivity index (χ0) is 15.3. The molecule has 1 aliphatic heterocycles. The molecule has 1 saturated heterocycles. The van der Waals surface area contributed by atoms with Crippen molar-refractivity contribution in [1.29, 1.82) is 0 Å². The van der Waals surface area contributed by atoms with E-state index in [2.05, 4.69) is 15.9 Å². The summed E-state index contributed by atoms with van der Waals surface area (Å²) in [5.41, 5.74) is -1.47. The van der Waals surface area contributed by atoms with Crippen LogP contribution in [0.1, 0.15) is 44.9 Å². The minimum absolute atomic E-state index is 0.279. The molecule has 0 radical (unpaired) electrons. The average Bonchev–Trinajstić information content (AvgIpc) is 2.70. The zero-order valence-corrected chi connectivity index (χ0v) is 12.9. The second-order valence-electron chi connectivity index (χ2n) is 6.11. The normalized spacial score (nSPS) is 28.8. The minimum Gasteiger partial charge on any atom is -0.257 e. The van der Waals surface area contributed by atoms with E-state index >= 15 is 0 Å². The van der Waals surface area contributed by atoms with Crippen LogP contribution in [-0.2, 0) is 9.68 Å². The highest BCUT2D eigenvalue weighted by Crippen LogP contribution is 2.52. The summed E-state index contributed by atoms with van der Waals surface area (Å²) in [7, 11) is 0. The van der Waals surface area contributed by atoms with Crippen LogP contribution in [-0.4, -0.2) is 37.4 Å². The summed E-state index contributed by atoms with van der Waals surface area (Å²) in [6, 6.07) is 0. The van der Waals surface area contributed by atoms with Crippen molar-refractivity contribution in [3.8, 4) is 0 Å². The lowest BCUT2D eigenvalue weighted by Gasteiger charge is -2.42. The fourth-order valence-electron chi connectivity index (χ4n) is 3.03. The van der Waals surface area contributed by atoms with Crippen molar-refractivity contribution in [3.63, 3.8) is 0 Å². The lowest BCUT2D eigenvalue weighted by Crippen LogP contribution is -2.60. The van der Waals surface area contributed by atoms with E-state index < -0.39 is 26.8 Å². The third kappa shape index (κ3) is 2.07. The molecule has 3 aliphatic rings.